The minimum atomic E-state index is -0.319. The SMILES string of the molecule is CC1(N)C=CC(=C2C=CC(C)(N)C(C)(C)C2)C=C1. The van der Waals surface area contributed by atoms with Crippen LogP contribution < -0.4 is 11.5 Å². The highest BCUT2D eigenvalue weighted by atomic mass is 14.8. The van der Waals surface area contributed by atoms with Crippen molar-refractivity contribution < 1.29 is 0 Å². The first-order chi connectivity index (χ1) is 8.13. The van der Waals surface area contributed by atoms with Gasteiger partial charge < -0.3 is 11.5 Å². The molecule has 4 N–H and O–H groups in total. The summed E-state index contributed by atoms with van der Waals surface area (Å²) in [7, 11) is 0. The van der Waals surface area contributed by atoms with Crippen LogP contribution in [0.15, 0.2) is 47.6 Å². The van der Waals surface area contributed by atoms with Crippen molar-refractivity contribution in [2.75, 3.05) is 0 Å². The molecule has 2 aliphatic carbocycles. The van der Waals surface area contributed by atoms with Crippen LogP contribution >= 0.6 is 0 Å². The van der Waals surface area contributed by atoms with Crippen molar-refractivity contribution in [1.82, 2.24) is 0 Å². The Morgan fingerprint density at radius 1 is 0.889 bits per heavy atom. The molecule has 0 radical (unpaired) electrons. The summed E-state index contributed by atoms with van der Waals surface area (Å²) in [5.41, 5.74) is 14.4. The normalized spacial score (nSPS) is 38.3. The maximum Gasteiger partial charge on any atom is 0.0502 e. The van der Waals surface area contributed by atoms with Crippen LogP contribution in [-0.2, 0) is 0 Å². The zero-order chi connectivity index (χ0) is 13.6. The van der Waals surface area contributed by atoms with Crippen LogP contribution in [0.1, 0.15) is 34.1 Å². The topological polar surface area (TPSA) is 52.0 Å². The van der Waals surface area contributed by atoms with Crippen molar-refractivity contribution >= 4 is 0 Å². The smallest absolute Gasteiger partial charge is 0.0502 e. The molecular weight excluding hydrogens is 220 g/mol. The average Bonchev–Trinajstić information content (AvgIpc) is 2.22. The van der Waals surface area contributed by atoms with Gasteiger partial charge in [-0.15, -0.1) is 0 Å². The maximum atomic E-state index is 6.32. The highest BCUT2D eigenvalue weighted by molar-refractivity contribution is 5.48. The molecule has 2 aliphatic rings. The summed E-state index contributed by atoms with van der Waals surface area (Å²) in [6.45, 7) is 8.54. The minimum absolute atomic E-state index is 0.0647. The van der Waals surface area contributed by atoms with Gasteiger partial charge in [-0.1, -0.05) is 50.3 Å². The molecule has 1 atom stereocenters. The molecule has 0 aromatic carbocycles. The summed E-state index contributed by atoms with van der Waals surface area (Å²) in [5, 5.41) is 0. The lowest BCUT2D eigenvalue weighted by molar-refractivity contribution is 0.223. The number of rotatable bonds is 0. The molecule has 0 saturated carbocycles. The van der Waals surface area contributed by atoms with Crippen molar-refractivity contribution in [3.63, 3.8) is 0 Å². The molecule has 2 heteroatoms. The molecule has 0 spiro atoms. The van der Waals surface area contributed by atoms with Gasteiger partial charge >= 0.3 is 0 Å². The second-order valence-corrected chi connectivity index (χ2v) is 6.69. The molecule has 0 bridgehead atoms. The van der Waals surface area contributed by atoms with E-state index in [1.807, 2.05) is 19.1 Å². The second-order valence-electron chi connectivity index (χ2n) is 6.69. The Kier molecular flexibility index (Phi) is 2.91. The number of hydrogen-bond donors (Lipinski definition) is 2. The van der Waals surface area contributed by atoms with Crippen molar-refractivity contribution in [3.05, 3.63) is 47.6 Å². The van der Waals surface area contributed by atoms with Gasteiger partial charge in [-0.25, -0.2) is 0 Å². The fraction of sp³-hybridized carbons (Fsp3) is 0.500. The molecule has 0 aromatic heterocycles. The molecule has 0 heterocycles. The molecule has 0 amide bonds. The largest absolute Gasteiger partial charge is 0.322 e. The van der Waals surface area contributed by atoms with E-state index < -0.39 is 0 Å². The van der Waals surface area contributed by atoms with E-state index in [0.29, 0.717) is 0 Å². The van der Waals surface area contributed by atoms with Crippen molar-refractivity contribution in [1.29, 1.82) is 0 Å². The van der Waals surface area contributed by atoms with Crippen LogP contribution in [0.5, 0.6) is 0 Å². The van der Waals surface area contributed by atoms with Crippen LogP contribution in [0, 0.1) is 5.41 Å². The van der Waals surface area contributed by atoms with Gasteiger partial charge in [-0.3, -0.25) is 0 Å². The van der Waals surface area contributed by atoms with Gasteiger partial charge in [0, 0.05) is 5.54 Å². The predicted molar refractivity (Wildman–Crippen MR) is 78.0 cm³/mol. The Labute approximate surface area is 110 Å². The van der Waals surface area contributed by atoms with E-state index in [1.54, 1.807) is 0 Å². The van der Waals surface area contributed by atoms with E-state index >= 15 is 0 Å². The summed E-state index contributed by atoms with van der Waals surface area (Å²) in [6.07, 6.45) is 13.6. The van der Waals surface area contributed by atoms with E-state index in [-0.39, 0.29) is 16.5 Å². The van der Waals surface area contributed by atoms with Crippen molar-refractivity contribution in [2.24, 2.45) is 16.9 Å². The monoisotopic (exact) mass is 244 g/mol. The summed E-state index contributed by atoms with van der Waals surface area (Å²) >= 11 is 0. The van der Waals surface area contributed by atoms with Crippen LogP contribution in [0.25, 0.3) is 0 Å². The lowest BCUT2D eigenvalue weighted by atomic mass is 9.66. The highest BCUT2D eigenvalue weighted by Gasteiger charge is 2.38. The predicted octanol–water partition coefficient (Wildman–Crippen LogP) is 2.83. The molecule has 0 aliphatic heterocycles. The minimum Gasteiger partial charge on any atom is -0.322 e. The Morgan fingerprint density at radius 3 is 1.94 bits per heavy atom. The molecule has 0 fully saturated rings. The molecule has 0 aromatic rings. The first-order valence-corrected chi connectivity index (χ1v) is 6.52. The lowest BCUT2D eigenvalue weighted by Crippen LogP contribution is -2.50. The van der Waals surface area contributed by atoms with Gasteiger partial charge in [-0.2, -0.15) is 0 Å². The second kappa shape index (κ2) is 3.94. The van der Waals surface area contributed by atoms with Crippen LogP contribution in [0.3, 0.4) is 0 Å². The van der Waals surface area contributed by atoms with E-state index in [1.165, 1.54) is 11.1 Å². The van der Waals surface area contributed by atoms with Gasteiger partial charge in [0.25, 0.3) is 0 Å². The van der Waals surface area contributed by atoms with Crippen LogP contribution in [0.4, 0.5) is 0 Å². The van der Waals surface area contributed by atoms with E-state index in [9.17, 15) is 0 Å². The van der Waals surface area contributed by atoms with E-state index in [2.05, 4.69) is 45.1 Å². The first-order valence-electron chi connectivity index (χ1n) is 6.52. The average molecular weight is 244 g/mol. The zero-order valence-corrected chi connectivity index (χ0v) is 11.8. The Bertz CT molecular complexity index is 453. The molecular formula is C16H24N2. The molecule has 1 unspecified atom stereocenters. The van der Waals surface area contributed by atoms with Gasteiger partial charge in [0.15, 0.2) is 0 Å². The van der Waals surface area contributed by atoms with Crippen LogP contribution in [-0.4, -0.2) is 11.1 Å². The molecule has 2 nitrogen and oxygen atoms in total. The molecule has 18 heavy (non-hydrogen) atoms. The summed E-state index contributed by atoms with van der Waals surface area (Å²) in [5.74, 6) is 0. The van der Waals surface area contributed by atoms with Crippen molar-refractivity contribution in [3.8, 4) is 0 Å². The van der Waals surface area contributed by atoms with Gasteiger partial charge in [0.2, 0.25) is 0 Å². The van der Waals surface area contributed by atoms with E-state index in [4.69, 9.17) is 11.5 Å². The van der Waals surface area contributed by atoms with Crippen molar-refractivity contribution in [2.45, 2.75) is 45.2 Å². The standard InChI is InChI=1S/C16H24N2/c1-14(2)11-13(7-10-16(14,4)18)12-5-8-15(3,17)9-6-12/h5-10H,11,17-18H2,1-4H3. The van der Waals surface area contributed by atoms with Gasteiger partial charge in [-0.05, 0) is 36.8 Å². The fourth-order valence-electron chi connectivity index (χ4n) is 2.29. The van der Waals surface area contributed by atoms with Gasteiger partial charge in [0.05, 0.1) is 5.54 Å². The summed E-state index contributed by atoms with van der Waals surface area (Å²) in [4.78, 5) is 0. The fourth-order valence-corrected chi connectivity index (χ4v) is 2.29. The third-order valence-corrected chi connectivity index (χ3v) is 4.34. The van der Waals surface area contributed by atoms with Crippen LogP contribution in [0.2, 0.25) is 0 Å². The van der Waals surface area contributed by atoms with E-state index in [0.717, 1.165) is 6.42 Å². The highest BCUT2D eigenvalue weighted by Crippen LogP contribution is 2.41. The zero-order valence-electron chi connectivity index (χ0n) is 11.8. The molecule has 98 valence electrons. The Balaban J connectivity index is 2.36. The molecule has 2 rings (SSSR count). The number of nitrogens with two attached hydrogens (primary N) is 2. The Morgan fingerprint density at radius 2 is 1.44 bits per heavy atom. The maximum absolute atomic E-state index is 6.32. The third-order valence-electron chi connectivity index (χ3n) is 4.34. The van der Waals surface area contributed by atoms with Gasteiger partial charge in [0.1, 0.15) is 0 Å². The number of hydrogen-bond acceptors (Lipinski definition) is 2. The number of allylic oxidation sites excluding steroid dienone is 5. The first kappa shape index (κ1) is 13.3. The lowest BCUT2D eigenvalue weighted by Gasteiger charge is -2.43. The third kappa shape index (κ3) is 2.36. The summed E-state index contributed by atoms with van der Waals surface area (Å²) in [6, 6.07) is 0. The quantitative estimate of drug-likeness (QED) is 0.688. The molecule has 0 saturated heterocycles. The Hall–Kier alpha value is -1.12. The summed E-state index contributed by atoms with van der Waals surface area (Å²) < 4.78 is 0.